The maximum atomic E-state index is 11.1. The second-order valence-corrected chi connectivity index (χ2v) is 4.45. The van der Waals surface area contributed by atoms with Crippen LogP contribution in [0, 0.1) is 0 Å². The molecular weight excluding hydrogens is 198 g/mol. The van der Waals surface area contributed by atoms with Crippen LogP contribution in [-0.2, 0) is 15.0 Å². The van der Waals surface area contributed by atoms with Gasteiger partial charge in [-0.2, -0.15) is 17.4 Å². The van der Waals surface area contributed by atoms with E-state index in [0.717, 1.165) is 4.31 Å². The Bertz CT molecular complexity index is 274. The number of rotatable bonds is 5. The molecule has 0 aliphatic heterocycles. The van der Waals surface area contributed by atoms with Crippen molar-refractivity contribution in [1.29, 1.82) is 0 Å². The fourth-order valence-corrected chi connectivity index (χ4v) is 1.25. The van der Waals surface area contributed by atoms with Gasteiger partial charge in [0, 0.05) is 20.6 Å². The molecule has 0 fully saturated rings. The first-order valence-electron chi connectivity index (χ1n) is 3.44. The zero-order valence-corrected chi connectivity index (χ0v) is 8.21. The Kier molecular flexibility index (Phi) is 4.27. The minimum atomic E-state index is -3.73. The molecule has 0 saturated heterocycles. The number of nitrogens with one attached hydrogen (secondary N) is 1. The molecule has 0 saturated carbocycles. The summed E-state index contributed by atoms with van der Waals surface area (Å²) >= 11 is 0. The molecule has 78 valence electrons. The van der Waals surface area contributed by atoms with Crippen molar-refractivity contribution in [3.8, 4) is 0 Å². The van der Waals surface area contributed by atoms with Gasteiger partial charge < -0.3 is 10.8 Å². The van der Waals surface area contributed by atoms with Crippen LogP contribution < -0.4 is 10.5 Å². The minimum absolute atomic E-state index is 0.289. The topological polar surface area (TPSA) is 113 Å². The molecule has 0 unspecified atom stereocenters. The molecule has 0 aromatic heterocycles. The summed E-state index contributed by atoms with van der Waals surface area (Å²) in [6, 6.07) is -1.28. The zero-order chi connectivity index (χ0) is 10.6. The predicted molar refractivity (Wildman–Crippen MR) is 46.2 cm³/mol. The van der Waals surface area contributed by atoms with Crippen LogP contribution in [0.3, 0.4) is 0 Å². The maximum Gasteiger partial charge on any atom is 0.323 e. The van der Waals surface area contributed by atoms with Crippen LogP contribution in [0.1, 0.15) is 0 Å². The van der Waals surface area contributed by atoms with Gasteiger partial charge in [-0.15, -0.1) is 0 Å². The van der Waals surface area contributed by atoms with Crippen LogP contribution >= 0.6 is 0 Å². The summed E-state index contributed by atoms with van der Waals surface area (Å²) < 4.78 is 25.0. The summed E-state index contributed by atoms with van der Waals surface area (Å²) in [6.45, 7) is -0.289. The van der Waals surface area contributed by atoms with Gasteiger partial charge in [0.05, 0.1) is 0 Å². The lowest BCUT2D eigenvalue weighted by molar-refractivity contribution is -0.138. The smallest absolute Gasteiger partial charge is 0.323 e. The Morgan fingerprint density at radius 3 is 2.31 bits per heavy atom. The summed E-state index contributed by atoms with van der Waals surface area (Å²) in [7, 11) is -1.15. The normalized spacial score (nSPS) is 14.5. The number of carboxylic acids is 1. The van der Waals surface area contributed by atoms with E-state index in [9.17, 15) is 13.2 Å². The number of hydrogen-bond donors (Lipinski definition) is 3. The van der Waals surface area contributed by atoms with Crippen LogP contribution in [0.15, 0.2) is 0 Å². The van der Waals surface area contributed by atoms with Gasteiger partial charge >= 0.3 is 5.97 Å². The van der Waals surface area contributed by atoms with Crippen molar-refractivity contribution < 1.29 is 18.3 Å². The van der Waals surface area contributed by atoms with Crippen molar-refractivity contribution in [3.05, 3.63) is 0 Å². The van der Waals surface area contributed by atoms with Gasteiger partial charge in [0.2, 0.25) is 0 Å². The fraction of sp³-hybridized carbons (Fsp3) is 0.800. The molecule has 0 aromatic carbocycles. The highest BCUT2D eigenvalue weighted by Crippen LogP contribution is 1.91. The Balaban J connectivity index is 4.50. The van der Waals surface area contributed by atoms with Gasteiger partial charge in [0.1, 0.15) is 6.04 Å². The highest BCUT2D eigenvalue weighted by molar-refractivity contribution is 7.87. The summed E-state index contributed by atoms with van der Waals surface area (Å²) in [5.74, 6) is -1.30. The Morgan fingerprint density at radius 2 is 2.08 bits per heavy atom. The molecule has 7 nitrogen and oxygen atoms in total. The third-order valence-corrected chi connectivity index (χ3v) is 2.85. The van der Waals surface area contributed by atoms with Crippen molar-refractivity contribution in [3.63, 3.8) is 0 Å². The van der Waals surface area contributed by atoms with E-state index in [1.165, 1.54) is 14.1 Å². The van der Waals surface area contributed by atoms with Gasteiger partial charge in [-0.25, -0.2) is 0 Å². The van der Waals surface area contributed by atoms with E-state index in [-0.39, 0.29) is 6.54 Å². The van der Waals surface area contributed by atoms with Crippen LogP contribution in [0.2, 0.25) is 0 Å². The molecule has 0 radical (unpaired) electrons. The number of carbonyl (C=O) groups is 1. The summed E-state index contributed by atoms with van der Waals surface area (Å²) in [5.41, 5.74) is 5.05. The van der Waals surface area contributed by atoms with Gasteiger partial charge in [-0.05, 0) is 0 Å². The second-order valence-electron chi connectivity index (χ2n) is 2.53. The third-order valence-electron chi connectivity index (χ3n) is 1.31. The first-order chi connectivity index (χ1) is 5.81. The minimum Gasteiger partial charge on any atom is -0.480 e. The van der Waals surface area contributed by atoms with E-state index in [1.807, 2.05) is 4.72 Å². The van der Waals surface area contributed by atoms with E-state index in [2.05, 4.69) is 0 Å². The molecule has 0 bridgehead atoms. The average molecular weight is 211 g/mol. The van der Waals surface area contributed by atoms with Crippen molar-refractivity contribution in [2.24, 2.45) is 5.73 Å². The number of aliphatic carboxylic acids is 1. The van der Waals surface area contributed by atoms with Crippen LogP contribution in [0.5, 0.6) is 0 Å². The first kappa shape index (κ1) is 12.3. The summed E-state index contributed by atoms with van der Waals surface area (Å²) in [4.78, 5) is 10.4. The SMILES string of the molecule is CN(C)S(=O)(=O)N[C@@H](CN)C(=O)O. The molecule has 0 amide bonds. The average Bonchev–Trinajstić information content (AvgIpc) is 1.99. The van der Waals surface area contributed by atoms with Crippen LogP contribution in [0.25, 0.3) is 0 Å². The van der Waals surface area contributed by atoms with E-state index in [0.29, 0.717) is 0 Å². The molecule has 13 heavy (non-hydrogen) atoms. The largest absolute Gasteiger partial charge is 0.480 e. The van der Waals surface area contributed by atoms with Crippen LogP contribution in [-0.4, -0.2) is 50.5 Å². The monoisotopic (exact) mass is 211 g/mol. The molecule has 0 rings (SSSR count). The molecule has 0 heterocycles. The Labute approximate surface area is 76.7 Å². The van der Waals surface area contributed by atoms with Crippen molar-refractivity contribution >= 4 is 16.2 Å². The van der Waals surface area contributed by atoms with E-state index >= 15 is 0 Å². The highest BCUT2D eigenvalue weighted by Gasteiger charge is 2.23. The van der Waals surface area contributed by atoms with E-state index in [1.54, 1.807) is 0 Å². The summed E-state index contributed by atoms with van der Waals surface area (Å²) in [5, 5.41) is 8.49. The lowest BCUT2D eigenvalue weighted by Crippen LogP contribution is -2.49. The van der Waals surface area contributed by atoms with Crippen molar-refractivity contribution in [2.45, 2.75) is 6.04 Å². The van der Waals surface area contributed by atoms with Gasteiger partial charge in [0.15, 0.2) is 0 Å². The Hall–Kier alpha value is -0.700. The molecule has 1 atom stereocenters. The number of hydrogen-bond acceptors (Lipinski definition) is 4. The number of carboxylic acid groups (broad SMARTS) is 1. The highest BCUT2D eigenvalue weighted by atomic mass is 32.2. The number of nitrogens with two attached hydrogens (primary N) is 1. The molecular formula is C5H13N3O4S. The molecule has 0 aliphatic carbocycles. The molecule has 0 aliphatic rings. The first-order valence-corrected chi connectivity index (χ1v) is 4.88. The van der Waals surface area contributed by atoms with E-state index < -0.39 is 22.2 Å². The maximum absolute atomic E-state index is 11.1. The molecule has 8 heteroatoms. The fourth-order valence-electron chi connectivity index (χ4n) is 0.485. The lowest BCUT2D eigenvalue weighted by atomic mass is 10.3. The van der Waals surface area contributed by atoms with Gasteiger partial charge in [-0.1, -0.05) is 0 Å². The van der Waals surface area contributed by atoms with Crippen LogP contribution in [0.4, 0.5) is 0 Å². The summed E-state index contributed by atoms with van der Waals surface area (Å²) in [6.07, 6.45) is 0. The molecule has 0 spiro atoms. The standard InChI is InChI=1S/C5H13N3O4S/c1-8(2)13(11,12)7-4(3-6)5(9)10/h4,7H,3,6H2,1-2H3,(H,9,10)/t4-/m0/s1. The molecule has 0 aromatic rings. The molecule has 4 N–H and O–H groups in total. The lowest BCUT2D eigenvalue weighted by Gasteiger charge is -2.16. The number of nitrogens with zero attached hydrogens (tertiary/aromatic N) is 1. The third kappa shape index (κ3) is 3.68. The zero-order valence-electron chi connectivity index (χ0n) is 7.39. The van der Waals surface area contributed by atoms with Gasteiger partial charge in [0.25, 0.3) is 10.2 Å². The van der Waals surface area contributed by atoms with Gasteiger partial charge in [-0.3, -0.25) is 4.79 Å². The quantitative estimate of drug-likeness (QED) is 0.477. The second kappa shape index (κ2) is 4.51. The Morgan fingerprint density at radius 1 is 1.62 bits per heavy atom. The van der Waals surface area contributed by atoms with Crippen molar-refractivity contribution in [2.75, 3.05) is 20.6 Å². The van der Waals surface area contributed by atoms with E-state index in [4.69, 9.17) is 10.8 Å². The predicted octanol–water partition coefficient (Wildman–Crippen LogP) is -2.21. The van der Waals surface area contributed by atoms with Crippen molar-refractivity contribution in [1.82, 2.24) is 9.03 Å².